The smallest absolute Gasteiger partial charge is 0.337 e. The first-order valence-corrected chi connectivity index (χ1v) is 7.20. The molecule has 0 aliphatic carbocycles. The largest absolute Gasteiger partial charge is 0.478 e. The molecule has 2 rings (SSSR count). The molecule has 1 fully saturated rings. The Balaban J connectivity index is 2.15. The number of carboxylic acid groups (broad SMARTS) is 1. The minimum Gasteiger partial charge on any atom is -0.478 e. The first-order chi connectivity index (χ1) is 9.70. The second kappa shape index (κ2) is 5.47. The highest BCUT2D eigenvalue weighted by atomic mass is 16.4. The zero-order valence-electron chi connectivity index (χ0n) is 13.0. The zero-order chi connectivity index (χ0) is 15.8. The number of carbonyl (C=O) groups excluding carboxylic acids is 1. The van der Waals surface area contributed by atoms with E-state index in [9.17, 15) is 9.59 Å². The van der Waals surface area contributed by atoms with Crippen molar-refractivity contribution in [3.63, 3.8) is 0 Å². The first kappa shape index (κ1) is 15.5. The van der Waals surface area contributed by atoms with E-state index in [-0.39, 0.29) is 16.9 Å². The summed E-state index contributed by atoms with van der Waals surface area (Å²) in [6.07, 6.45) is 1.00. The summed E-state index contributed by atoms with van der Waals surface area (Å²) in [5.41, 5.74) is 1.03. The highest BCUT2D eigenvalue weighted by Crippen LogP contribution is 2.33. The number of carbonyl (C=O) groups is 2. The Morgan fingerprint density at radius 3 is 2.48 bits per heavy atom. The van der Waals surface area contributed by atoms with Crippen molar-refractivity contribution < 1.29 is 14.7 Å². The van der Waals surface area contributed by atoms with Crippen molar-refractivity contribution in [2.75, 3.05) is 13.1 Å². The van der Waals surface area contributed by atoms with Crippen LogP contribution in [0.5, 0.6) is 0 Å². The molecule has 1 unspecified atom stereocenters. The molecular weight excluding hydrogens is 268 g/mol. The lowest BCUT2D eigenvalue weighted by atomic mass is 9.80. The maximum atomic E-state index is 12.5. The summed E-state index contributed by atoms with van der Waals surface area (Å²) in [5.74, 6) is -0.643. The van der Waals surface area contributed by atoms with E-state index in [0.717, 1.165) is 19.5 Å². The maximum Gasteiger partial charge on any atom is 0.337 e. The van der Waals surface area contributed by atoms with Crippen LogP contribution in [0.1, 0.15) is 53.7 Å². The van der Waals surface area contributed by atoms with Gasteiger partial charge in [0.05, 0.1) is 11.3 Å². The second-order valence-electron chi connectivity index (χ2n) is 6.74. The number of hydrogen-bond donors (Lipinski definition) is 1. The Bertz CT molecular complexity index is 575. The fraction of sp³-hybridized carbons (Fsp3) is 0.562. The van der Waals surface area contributed by atoms with Gasteiger partial charge in [-0.05, 0) is 36.8 Å². The summed E-state index contributed by atoms with van der Waals surface area (Å²) in [5, 5.41) is 9.00. The van der Waals surface area contributed by atoms with Crippen molar-refractivity contribution >= 4 is 11.9 Å². The number of rotatable bonds is 2. The number of aromatic nitrogens is 1. The van der Waals surface area contributed by atoms with Gasteiger partial charge in [-0.1, -0.05) is 20.8 Å². The molecule has 21 heavy (non-hydrogen) atoms. The second-order valence-corrected chi connectivity index (χ2v) is 6.74. The van der Waals surface area contributed by atoms with E-state index in [1.54, 1.807) is 6.92 Å². The number of hydrogen-bond acceptors (Lipinski definition) is 3. The van der Waals surface area contributed by atoms with Gasteiger partial charge in [0.25, 0.3) is 5.91 Å². The molecule has 0 bridgehead atoms. The molecule has 1 N–H and O–H groups in total. The predicted octanol–water partition coefficient (Wildman–Crippen LogP) is 2.60. The van der Waals surface area contributed by atoms with E-state index in [4.69, 9.17) is 5.11 Å². The predicted molar refractivity (Wildman–Crippen MR) is 79.4 cm³/mol. The molecule has 0 saturated carbocycles. The highest BCUT2D eigenvalue weighted by molar-refractivity contribution is 5.94. The van der Waals surface area contributed by atoms with Crippen LogP contribution in [0.3, 0.4) is 0 Å². The van der Waals surface area contributed by atoms with Crippen molar-refractivity contribution in [3.8, 4) is 0 Å². The van der Waals surface area contributed by atoms with Gasteiger partial charge in [0.1, 0.15) is 5.69 Å². The van der Waals surface area contributed by atoms with Crippen molar-refractivity contribution in [1.82, 2.24) is 9.88 Å². The molecular formula is C16H22N2O3. The van der Waals surface area contributed by atoms with Gasteiger partial charge in [0, 0.05) is 13.1 Å². The number of carboxylic acids is 1. The Hall–Kier alpha value is -1.91. The Labute approximate surface area is 125 Å². The molecule has 0 spiro atoms. The highest BCUT2D eigenvalue weighted by Gasteiger charge is 2.34. The monoisotopic (exact) mass is 290 g/mol. The molecule has 1 aliphatic rings. The van der Waals surface area contributed by atoms with Gasteiger partial charge >= 0.3 is 5.97 Å². The number of likely N-dealkylation sites (tertiary alicyclic amines) is 1. The summed E-state index contributed by atoms with van der Waals surface area (Å²) >= 11 is 0. The van der Waals surface area contributed by atoms with Crippen molar-refractivity contribution in [2.45, 2.75) is 34.1 Å². The van der Waals surface area contributed by atoms with Crippen LogP contribution >= 0.6 is 0 Å². The van der Waals surface area contributed by atoms with E-state index in [0.29, 0.717) is 17.3 Å². The lowest BCUT2D eigenvalue weighted by molar-refractivity contribution is 0.0692. The van der Waals surface area contributed by atoms with Crippen LogP contribution in [-0.2, 0) is 0 Å². The summed E-state index contributed by atoms with van der Waals surface area (Å²) in [6.45, 7) is 9.66. The van der Waals surface area contributed by atoms with Crippen molar-refractivity contribution in [2.24, 2.45) is 11.3 Å². The molecule has 1 atom stereocenters. The molecule has 114 valence electrons. The number of aryl methyl sites for hydroxylation is 1. The third-order valence-corrected chi connectivity index (χ3v) is 4.24. The molecule has 1 aromatic rings. The molecule has 2 heterocycles. The normalized spacial score (nSPS) is 18.9. The molecule has 5 heteroatoms. The quantitative estimate of drug-likeness (QED) is 0.909. The SMILES string of the molecule is Cc1nc(C(=O)N2CCC(C(C)(C)C)C2)ccc1C(=O)O. The Morgan fingerprint density at radius 2 is 2.00 bits per heavy atom. The molecule has 1 saturated heterocycles. The van der Waals surface area contributed by atoms with Gasteiger partial charge < -0.3 is 10.0 Å². The summed E-state index contributed by atoms with van der Waals surface area (Å²) < 4.78 is 0. The number of nitrogens with zero attached hydrogens (tertiary/aromatic N) is 2. The van der Waals surface area contributed by atoms with Gasteiger partial charge in [-0.25, -0.2) is 9.78 Å². The van der Waals surface area contributed by atoms with Crippen LogP contribution in [0.25, 0.3) is 0 Å². The van der Waals surface area contributed by atoms with Crippen molar-refractivity contribution in [3.05, 3.63) is 29.1 Å². The fourth-order valence-electron chi connectivity index (χ4n) is 2.72. The number of aromatic carboxylic acids is 1. The standard InChI is InChI=1S/C16H22N2O3/c1-10-12(15(20)21)5-6-13(17-10)14(19)18-8-7-11(9-18)16(2,3)4/h5-6,11H,7-9H2,1-4H3,(H,20,21). The average Bonchev–Trinajstić information content (AvgIpc) is 2.86. The zero-order valence-corrected chi connectivity index (χ0v) is 13.0. The summed E-state index contributed by atoms with van der Waals surface area (Å²) in [6, 6.07) is 2.96. The number of amides is 1. The molecule has 1 aromatic heterocycles. The van der Waals surface area contributed by atoms with Gasteiger partial charge in [0.2, 0.25) is 0 Å². The third-order valence-electron chi connectivity index (χ3n) is 4.24. The maximum absolute atomic E-state index is 12.5. The third kappa shape index (κ3) is 3.23. The molecule has 1 amide bonds. The van der Waals surface area contributed by atoms with E-state index < -0.39 is 5.97 Å². The van der Waals surface area contributed by atoms with Crippen LogP contribution in [-0.4, -0.2) is 40.0 Å². The van der Waals surface area contributed by atoms with Gasteiger partial charge in [-0.2, -0.15) is 0 Å². The first-order valence-electron chi connectivity index (χ1n) is 7.20. The van der Waals surface area contributed by atoms with Crippen LogP contribution in [0, 0.1) is 18.3 Å². The van der Waals surface area contributed by atoms with E-state index in [1.807, 2.05) is 4.90 Å². The fourth-order valence-corrected chi connectivity index (χ4v) is 2.72. The van der Waals surface area contributed by atoms with Gasteiger partial charge in [0.15, 0.2) is 0 Å². The molecule has 1 aliphatic heterocycles. The minimum absolute atomic E-state index is 0.109. The van der Waals surface area contributed by atoms with Crippen LogP contribution in [0.15, 0.2) is 12.1 Å². The van der Waals surface area contributed by atoms with Crippen LogP contribution in [0.2, 0.25) is 0 Å². The van der Waals surface area contributed by atoms with Crippen LogP contribution < -0.4 is 0 Å². The topological polar surface area (TPSA) is 70.5 Å². The molecule has 5 nitrogen and oxygen atoms in total. The molecule has 0 radical (unpaired) electrons. The summed E-state index contributed by atoms with van der Waals surface area (Å²) in [4.78, 5) is 29.4. The van der Waals surface area contributed by atoms with Gasteiger partial charge in [-0.15, -0.1) is 0 Å². The van der Waals surface area contributed by atoms with E-state index in [1.165, 1.54) is 12.1 Å². The average molecular weight is 290 g/mol. The van der Waals surface area contributed by atoms with E-state index >= 15 is 0 Å². The summed E-state index contributed by atoms with van der Waals surface area (Å²) in [7, 11) is 0. The lowest BCUT2D eigenvalue weighted by Gasteiger charge is -2.26. The number of pyridine rings is 1. The lowest BCUT2D eigenvalue weighted by Crippen LogP contribution is -2.31. The van der Waals surface area contributed by atoms with E-state index in [2.05, 4.69) is 25.8 Å². The Morgan fingerprint density at radius 1 is 1.33 bits per heavy atom. The minimum atomic E-state index is -1.02. The van der Waals surface area contributed by atoms with Crippen molar-refractivity contribution in [1.29, 1.82) is 0 Å². The van der Waals surface area contributed by atoms with Gasteiger partial charge in [-0.3, -0.25) is 4.79 Å². The Kier molecular flexibility index (Phi) is 4.03. The van der Waals surface area contributed by atoms with Crippen LogP contribution in [0.4, 0.5) is 0 Å². The molecule has 0 aromatic carbocycles.